The van der Waals surface area contributed by atoms with Crippen LogP contribution >= 0.6 is 0 Å². The molecule has 0 heterocycles. The number of para-hydroxylation sites is 1. The molecular formula is C13H9O2. The molecule has 1 radical (unpaired) electrons. The third kappa shape index (κ3) is 1.74. The molecule has 0 atom stereocenters. The molecule has 2 nitrogen and oxygen atoms in total. The molecule has 0 fully saturated rings. The second-order valence-corrected chi connectivity index (χ2v) is 3.17. The average molecular weight is 197 g/mol. The Kier molecular flexibility index (Phi) is 2.50. The van der Waals surface area contributed by atoms with Crippen LogP contribution in [0.5, 0.6) is 5.75 Å². The Morgan fingerprint density at radius 1 is 0.933 bits per heavy atom. The lowest BCUT2D eigenvalue weighted by Crippen LogP contribution is -1.85. The van der Waals surface area contributed by atoms with Crippen molar-refractivity contribution in [1.82, 2.24) is 0 Å². The van der Waals surface area contributed by atoms with Crippen LogP contribution in [0.3, 0.4) is 0 Å². The summed E-state index contributed by atoms with van der Waals surface area (Å²) in [7, 11) is 0. The summed E-state index contributed by atoms with van der Waals surface area (Å²) in [6.07, 6.45) is 1.71. The zero-order valence-corrected chi connectivity index (χ0v) is 7.97. The second-order valence-electron chi connectivity index (χ2n) is 3.17. The molecule has 0 unspecified atom stereocenters. The molecule has 2 aromatic carbocycles. The van der Waals surface area contributed by atoms with E-state index in [0.29, 0.717) is 5.56 Å². The maximum absolute atomic E-state index is 10.5. The molecule has 0 spiro atoms. The van der Waals surface area contributed by atoms with Gasteiger partial charge < -0.3 is 5.11 Å². The maximum atomic E-state index is 10.5. The fourth-order valence-electron chi connectivity index (χ4n) is 1.48. The van der Waals surface area contributed by atoms with E-state index in [4.69, 9.17) is 0 Å². The first-order valence-electron chi connectivity index (χ1n) is 4.58. The molecule has 15 heavy (non-hydrogen) atoms. The summed E-state index contributed by atoms with van der Waals surface area (Å²) >= 11 is 0. The van der Waals surface area contributed by atoms with Gasteiger partial charge in [0.1, 0.15) is 5.75 Å². The van der Waals surface area contributed by atoms with Gasteiger partial charge in [-0.25, -0.2) is 0 Å². The number of hydrogen-bond acceptors (Lipinski definition) is 2. The van der Waals surface area contributed by atoms with Crippen LogP contribution in [-0.2, 0) is 4.79 Å². The summed E-state index contributed by atoms with van der Waals surface area (Å²) < 4.78 is 0. The Morgan fingerprint density at radius 3 is 2.33 bits per heavy atom. The fourth-order valence-corrected chi connectivity index (χ4v) is 1.48. The van der Waals surface area contributed by atoms with Gasteiger partial charge in [0, 0.05) is 5.56 Å². The van der Waals surface area contributed by atoms with Crippen LogP contribution < -0.4 is 0 Å². The van der Waals surface area contributed by atoms with Crippen molar-refractivity contribution < 1.29 is 9.90 Å². The highest BCUT2D eigenvalue weighted by molar-refractivity contribution is 5.85. The first kappa shape index (κ1) is 9.46. The van der Waals surface area contributed by atoms with E-state index in [1.54, 1.807) is 18.4 Å². The number of phenolic OH excluding ortho intramolecular Hbond substituents is 1. The largest absolute Gasteiger partial charge is 0.507 e. The molecule has 73 valence electrons. The molecule has 2 aromatic rings. The van der Waals surface area contributed by atoms with E-state index in [-0.39, 0.29) is 11.3 Å². The highest BCUT2D eigenvalue weighted by Gasteiger charge is 2.07. The Labute approximate surface area is 87.8 Å². The molecule has 2 heteroatoms. The molecule has 0 aliphatic rings. The predicted molar refractivity (Wildman–Crippen MR) is 58.3 cm³/mol. The van der Waals surface area contributed by atoms with E-state index in [1.807, 2.05) is 30.3 Å². The van der Waals surface area contributed by atoms with Gasteiger partial charge in [-0.15, -0.1) is 0 Å². The van der Waals surface area contributed by atoms with Crippen molar-refractivity contribution in [3.05, 3.63) is 54.1 Å². The third-order valence-corrected chi connectivity index (χ3v) is 2.23. The topological polar surface area (TPSA) is 37.3 Å². The van der Waals surface area contributed by atoms with E-state index in [2.05, 4.69) is 0 Å². The van der Waals surface area contributed by atoms with Crippen LogP contribution in [0.25, 0.3) is 11.1 Å². The van der Waals surface area contributed by atoms with Gasteiger partial charge in [-0.05, 0) is 11.6 Å². The van der Waals surface area contributed by atoms with Gasteiger partial charge in [0.15, 0.2) is 0 Å². The molecule has 0 bridgehead atoms. The monoisotopic (exact) mass is 197 g/mol. The number of aromatic hydroxyl groups is 1. The minimum Gasteiger partial charge on any atom is -0.507 e. The van der Waals surface area contributed by atoms with Crippen LogP contribution in [0.1, 0.15) is 5.56 Å². The number of hydrogen-bond donors (Lipinski definition) is 1. The number of carbonyl (C=O) groups excluding carboxylic acids is 1. The van der Waals surface area contributed by atoms with Gasteiger partial charge in [0.2, 0.25) is 6.29 Å². The quantitative estimate of drug-likeness (QED) is 0.803. The SMILES string of the molecule is O=[C]c1cccc(-c2ccccc2)c1O. The fraction of sp³-hybridized carbons (Fsp3) is 0. The minimum atomic E-state index is -0.0151. The first-order chi connectivity index (χ1) is 7.33. The van der Waals surface area contributed by atoms with Crippen molar-refractivity contribution in [2.45, 2.75) is 0 Å². The normalized spacial score (nSPS) is 9.87. The van der Waals surface area contributed by atoms with Crippen molar-refractivity contribution in [2.75, 3.05) is 0 Å². The summed E-state index contributed by atoms with van der Waals surface area (Å²) in [6, 6.07) is 14.4. The second kappa shape index (κ2) is 3.96. The van der Waals surface area contributed by atoms with Crippen LogP contribution in [0, 0.1) is 0 Å². The summed E-state index contributed by atoms with van der Waals surface area (Å²) in [4.78, 5) is 10.5. The lowest BCUT2D eigenvalue weighted by atomic mass is 10.0. The number of phenols is 1. The van der Waals surface area contributed by atoms with Gasteiger partial charge in [0.25, 0.3) is 0 Å². The number of rotatable bonds is 2. The van der Waals surface area contributed by atoms with Crippen LogP contribution in [-0.4, -0.2) is 11.4 Å². The van der Waals surface area contributed by atoms with Crippen molar-refractivity contribution in [2.24, 2.45) is 0 Å². The Morgan fingerprint density at radius 2 is 1.67 bits per heavy atom. The predicted octanol–water partition coefficient (Wildman–Crippen LogP) is 2.52. The van der Waals surface area contributed by atoms with Crippen molar-refractivity contribution in [1.29, 1.82) is 0 Å². The molecule has 2 rings (SSSR count). The van der Waals surface area contributed by atoms with Gasteiger partial charge in [-0.2, -0.15) is 0 Å². The van der Waals surface area contributed by atoms with E-state index < -0.39 is 0 Å². The Hall–Kier alpha value is -2.09. The molecule has 0 aromatic heterocycles. The zero-order valence-electron chi connectivity index (χ0n) is 7.97. The zero-order chi connectivity index (χ0) is 10.7. The van der Waals surface area contributed by atoms with Crippen LogP contribution in [0.4, 0.5) is 0 Å². The van der Waals surface area contributed by atoms with Gasteiger partial charge in [0.05, 0.1) is 5.56 Å². The molecule has 0 aliphatic carbocycles. The molecule has 0 aliphatic heterocycles. The molecule has 0 amide bonds. The average Bonchev–Trinajstić information content (AvgIpc) is 2.30. The van der Waals surface area contributed by atoms with Gasteiger partial charge in [-0.1, -0.05) is 42.5 Å². The van der Waals surface area contributed by atoms with Crippen molar-refractivity contribution in [3.63, 3.8) is 0 Å². The lowest BCUT2D eigenvalue weighted by Gasteiger charge is -2.05. The van der Waals surface area contributed by atoms with Crippen LogP contribution in [0.2, 0.25) is 0 Å². The van der Waals surface area contributed by atoms with E-state index >= 15 is 0 Å². The summed E-state index contributed by atoms with van der Waals surface area (Å²) in [5.74, 6) is -0.0151. The van der Waals surface area contributed by atoms with E-state index in [0.717, 1.165) is 5.56 Å². The summed E-state index contributed by atoms with van der Waals surface area (Å²) in [5, 5.41) is 9.78. The molecular weight excluding hydrogens is 188 g/mol. The Balaban J connectivity index is 2.59. The summed E-state index contributed by atoms with van der Waals surface area (Å²) in [6.45, 7) is 0. The smallest absolute Gasteiger partial charge is 0.237 e. The summed E-state index contributed by atoms with van der Waals surface area (Å²) in [5.41, 5.74) is 1.72. The van der Waals surface area contributed by atoms with Crippen molar-refractivity contribution in [3.8, 4) is 16.9 Å². The molecule has 0 saturated heterocycles. The highest BCUT2D eigenvalue weighted by Crippen LogP contribution is 2.30. The number of benzene rings is 2. The lowest BCUT2D eigenvalue weighted by molar-refractivity contribution is 0.474. The maximum Gasteiger partial charge on any atom is 0.237 e. The first-order valence-corrected chi connectivity index (χ1v) is 4.58. The van der Waals surface area contributed by atoms with E-state index in [1.165, 1.54) is 6.07 Å². The van der Waals surface area contributed by atoms with Gasteiger partial charge in [-0.3, -0.25) is 4.79 Å². The van der Waals surface area contributed by atoms with E-state index in [9.17, 15) is 9.90 Å². The molecule has 1 N–H and O–H groups in total. The van der Waals surface area contributed by atoms with Crippen molar-refractivity contribution >= 4 is 6.29 Å². The van der Waals surface area contributed by atoms with Gasteiger partial charge >= 0.3 is 0 Å². The standard InChI is InChI=1S/C13H9O2/c14-9-11-7-4-8-12(13(11)15)10-5-2-1-3-6-10/h1-8,15H. The third-order valence-electron chi connectivity index (χ3n) is 2.23. The highest BCUT2D eigenvalue weighted by atomic mass is 16.3. The Bertz CT molecular complexity index is 475. The minimum absolute atomic E-state index is 0.0151. The molecule has 0 saturated carbocycles. The van der Waals surface area contributed by atoms with Crippen LogP contribution in [0.15, 0.2) is 48.5 Å².